The van der Waals surface area contributed by atoms with Crippen molar-refractivity contribution in [3.05, 3.63) is 51.2 Å². The van der Waals surface area contributed by atoms with Crippen LogP contribution >= 0.6 is 35.3 Å². The van der Waals surface area contributed by atoms with Crippen molar-refractivity contribution < 1.29 is 0 Å². The molecule has 1 aromatic carbocycles. The summed E-state index contributed by atoms with van der Waals surface area (Å²) >= 11 is 8.09. The highest BCUT2D eigenvalue weighted by Crippen LogP contribution is 2.30. The van der Waals surface area contributed by atoms with Crippen molar-refractivity contribution in [1.29, 1.82) is 0 Å². The standard InChI is InChI=1S/C17H20ClN5S.ClH/c1-11-16(23-17(20-11)24-12(2)21-23)10-22-8-7-19-9-15(22)13-5-3-4-6-14(13)18;/h3-6,15,19H,7-10H2,1-2H3;1H. The van der Waals surface area contributed by atoms with Crippen LogP contribution in [-0.2, 0) is 6.54 Å². The van der Waals surface area contributed by atoms with Gasteiger partial charge in [-0.15, -0.1) is 12.4 Å². The zero-order chi connectivity index (χ0) is 16.7. The molecule has 1 aliphatic rings. The molecule has 1 atom stereocenters. The van der Waals surface area contributed by atoms with E-state index in [4.69, 9.17) is 11.6 Å². The Bertz CT molecular complexity index is 875. The molecule has 0 aliphatic carbocycles. The molecule has 1 unspecified atom stereocenters. The van der Waals surface area contributed by atoms with Crippen LogP contribution in [0.25, 0.3) is 4.96 Å². The summed E-state index contributed by atoms with van der Waals surface area (Å²) in [5.41, 5.74) is 3.41. The topological polar surface area (TPSA) is 45.5 Å². The van der Waals surface area contributed by atoms with Crippen LogP contribution in [-0.4, -0.2) is 39.1 Å². The number of aromatic nitrogens is 3. The molecule has 3 aromatic rings. The highest BCUT2D eigenvalue weighted by Gasteiger charge is 2.27. The Morgan fingerprint density at radius 2 is 2.12 bits per heavy atom. The maximum atomic E-state index is 6.45. The van der Waals surface area contributed by atoms with Gasteiger partial charge in [-0.1, -0.05) is 41.1 Å². The van der Waals surface area contributed by atoms with Crippen LogP contribution in [0, 0.1) is 13.8 Å². The first-order valence-corrected chi connectivity index (χ1v) is 9.34. The summed E-state index contributed by atoms with van der Waals surface area (Å²) in [4.78, 5) is 8.12. The van der Waals surface area contributed by atoms with Gasteiger partial charge in [0.25, 0.3) is 0 Å². The second-order valence-electron chi connectivity index (χ2n) is 6.17. The van der Waals surface area contributed by atoms with Gasteiger partial charge >= 0.3 is 0 Å². The van der Waals surface area contributed by atoms with E-state index in [1.165, 1.54) is 11.3 Å². The van der Waals surface area contributed by atoms with Gasteiger partial charge in [-0.05, 0) is 25.5 Å². The summed E-state index contributed by atoms with van der Waals surface area (Å²) in [7, 11) is 0. The highest BCUT2D eigenvalue weighted by atomic mass is 35.5. The molecule has 25 heavy (non-hydrogen) atoms. The molecule has 134 valence electrons. The minimum absolute atomic E-state index is 0. The molecule has 1 fully saturated rings. The molecule has 8 heteroatoms. The number of piperazine rings is 1. The lowest BCUT2D eigenvalue weighted by Gasteiger charge is -2.36. The van der Waals surface area contributed by atoms with Gasteiger partial charge in [0.05, 0.1) is 11.4 Å². The predicted octanol–water partition coefficient (Wildman–Crippen LogP) is 3.63. The second-order valence-corrected chi connectivity index (χ2v) is 7.74. The lowest BCUT2D eigenvalue weighted by Crippen LogP contribution is -2.45. The number of hydrogen-bond acceptors (Lipinski definition) is 5. The van der Waals surface area contributed by atoms with Crippen LogP contribution in [0.1, 0.15) is 28.0 Å². The molecule has 0 radical (unpaired) electrons. The Balaban J connectivity index is 0.00000182. The lowest BCUT2D eigenvalue weighted by atomic mass is 10.0. The molecule has 3 heterocycles. The number of nitrogens with zero attached hydrogens (tertiary/aromatic N) is 4. The maximum Gasteiger partial charge on any atom is 0.212 e. The fraction of sp³-hybridized carbons (Fsp3) is 0.412. The third kappa shape index (κ3) is 3.55. The highest BCUT2D eigenvalue weighted by molar-refractivity contribution is 7.16. The minimum Gasteiger partial charge on any atom is -0.314 e. The van der Waals surface area contributed by atoms with Crippen LogP contribution in [0.2, 0.25) is 5.02 Å². The Morgan fingerprint density at radius 1 is 1.32 bits per heavy atom. The maximum absolute atomic E-state index is 6.45. The van der Waals surface area contributed by atoms with E-state index in [0.717, 1.165) is 46.9 Å². The van der Waals surface area contributed by atoms with E-state index in [2.05, 4.69) is 39.4 Å². The van der Waals surface area contributed by atoms with E-state index < -0.39 is 0 Å². The van der Waals surface area contributed by atoms with Gasteiger partial charge in [-0.3, -0.25) is 4.90 Å². The van der Waals surface area contributed by atoms with Crippen molar-refractivity contribution >= 4 is 40.3 Å². The Morgan fingerprint density at radius 3 is 2.92 bits per heavy atom. The largest absolute Gasteiger partial charge is 0.314 e. The molecule has 5 nitrogen and oxygen atoms in total. The molecule has 0 bridgehead atoms. The van der Waals surface area contributed by atoms with Gasteiger partial charge in [0.1, 0.15) is 5.01 Å². The summed E-state index contributed by atoms with van der Waals surface area (Å²) < 4.78 is 2.00. The molecule has 4 rings (SSSR count). The van der Waals surface area contributed by atoms with Gasteiger partial charge in [0.15, 0.2) is 0 Å². The van der Waals surface area contributed by atoms with Crippen LogP contribution < -0.4 is 5.32 Å². The van der Waals surface area contributed by atoms with E-state index in [-0.39, 0.29) is 18.4 Å². The normalized spacial score (nSPS) is 18.4. The Labute approximate surface area is 162 Å². The second kappa shape index (κ2) is 7.60. The molecule has 1 N–H and O–H groups in total. The van der Waals surface area contributed by atoms with Crippen molar-refractivity contribution in [2.45, 2.75) is 26.4 Å². The van der Waals surface area contributed by atoms with E-state index in [1.54, 1.807) is 11.3 Å². The first-order chi connectivity index (χ1) is 11.6. The summed E-state index contributed by atoms with van der Waals surface area (Å²) in [6.45, 7) is 7.78. The minimum atomic E-state index is 0. The monoisotopic (exact) mass is 397 g/mol. The fourth-order valence-corrected chi connectivity index (χ4v) is 4.42. The van der Waals surface area contributed by atoms with Gasteiger partial charge in [0, 0.05) is 37.2 Å². The first kappa shape index (κ1) is 18.6. The molecule has 1 aliphatic heterocycles. The zero-order valence-corrected chi connectivity index (χ0v) is 16.6. The molecule has 1 saturated heterocycles. The van der Waals surface area contributed by atoms with Gasteiger partial charge in [0.2, 0.25) is 4.96 Å². The molecule has 0 saturated carbocycles. The lowest BCUT2D eigenvalue weighted by molar-refractivity contribution is 0.151. The number of benzene rings is 1. The van der Waals surface area contributed by atoms with Crippen molar-refractivity contribution in [3.63, 3.8) is 0 Å². The number of imidazole rings is 1. The summed E-state index contributed by atoms with van der Waals surface area (Å²) in [6.07, 6.45) is 0. The third-order valence-corrected chi connectivity index (χ3v) is 5.74. The number of nitrogens with one attached hydrogen (secondary N) is 1. The average Bonchev–Trinajstić information content (AvgIpc) is 3.05. The molecule has 0 amide bonds. The van der Waals surface area contributed by atoms with E-state index >= 15 is 0 Å². The molecular weight excluding hydrogens is 377 g/mol. The smallest absolute Gasteiger partial charge is 0.212 e. The van der Waals surface area contributed by atoms with E-state index in [0.29, 0.717) is 0 Å². The Hall–Kier alpha value is -1.18. The zero-order valence-electron chi connectivity index (χ0n) is 14.2. The summed E-state index contributed by atoms with van der Waals surface area (Å²) in [5, 5.41) is 9.98. The van der Waals surface area contributed by atoms with Crippen molar-refractivity contribution in [3.8, 4) is 0 Å². The number of aryl methyl sites for hydroxylation is 2. The summed E-state index contributed by atoms with van der Waals surface area (Å²) in [5.74, 6) is 0. The molecular formula is C17H21Cl2N5S. The average molecular weight is 398 g/mol. The molecule has 2 aromatic heterocycles. The van der Waals surface area contributed by atoms with Crippen molar-refractivity contribution in [1.82, 2.24) is 24.8 Å². The van der Waals surface area contributed by atoms with Crippen LogP contribution in [0.4, 0.5) is 0 Å². The van der Waals surface area contributed by atoms with Gasteiger partial charge in [-0.2, -0.15) is 5.10 Å². The van der Waals surface area contributed by atoms with Crippen LogP contribution in [0.3, 0.4) is 0 Å². The van der Waals surface area contributed by atoms with Gasteiger partial charge < -0.3 is 5.32 Å². The van der Waals surface area contributed by atoms with Crippen molar-refractivity contribution in [2.75, 3.05) is 19.6 Å². The van der Waals surface area contributed by atoms with Crippen molar-refractivity contribution in [2.24, 2.45) is 0 Å². The quantitative estimate of drug-likeness (QED) is 0.732. The van der Waals surface area contributed by atoms with Gasteiger partial charge in [-0.25, -0.2) is 9.50 Å². The Kier molecular flexibility index (Phi) is 5.65. The first-order valence-electron chi connectivity index (χ1n) is 8.14. The van der Waals surface area contributed by atoms with Crippen LogP contribution in [0.5, 0.6) is 0 Å². The number of fused-ring (bicyclic) bond motifs is 1. The number of rotatable bonds is 3. The predicted molar refractivity (Wildman–Crippen MR) is 105 cm³/mol. The molecule has 0 spiro atoms. The number of hydrogen-bond donors (Lipinski definition) is 1. The van der Waals surface area contributed by atoms with Crippen LogP contribution in [0.15, 0.2) is 24.3 Å². The SMILES string of the molecule is Cc1nn2c(CN3CCNCC3c3ccccc3Cl)c(C)nc2s1.Cl. The fourth-order valence-electron chi connectivity index (χ4n) is 3.35. The van der Waals surface area contributed by atoms with E-state index in [9.17, 15) is 0 Å². The third-order valence-electron chi connectivity index (χ3n) is 4.57. The number of halogens is 2. The summed E-state index contributed by atoms with van der Waals surface area (Å²) in [6, 6.07) is 8.39. The van der Waals surface area contributed by atoms with E-state index in [1.807, 2.05) is 23.6 Å².